The summed E-state index contributed by atoms with van der Waals surface area (Å²) in [5.74, 6) is -1.23. The molecular formula is C64H36F4N6. The number of para-hydroxylation sites is 1. The third kappa shape index (κ3) is 5.46. The number of aromatic nitrogens is 6. The van der Waals surface area contributed by atoms with Gasteiger partial charge in [-0.2, -0.15) is 15.0 Å². The van der Waals surface area contributed by atoms with Crippen LogP contribution in [0.15, 0.2) is 188 Å². The Balaban J connectivity index is 0.983. The summed E-state index contributed by atoms with van der Waals surface area (Å²) in [6.45, 7) is 0. The molecule has 0 radical (unpaired) electrons. The van der Waals surface area contributed by atoms with E-state index in [2.05, 4.69) is 120 Å². The Kier molecular flexibility index (Phi) is 8.27. The Morgan fingerprint density at radius 1 is 0.392 bits per heavy atom. The van der Waals surface area contributed by atoms with Crippen molar-refractivity contribution in [3.8, 4) is 51.2 Å². The van der Waals surface area contributed by atoms with Crippen LogP contribution in [0.2, 0.25) is 0 Å². The van der Waals surface area contributed by atoms with Crippen molar-refractivity contribution in [2.24, 2.45) is 0 Å². The Morgan fingerprint density at radius 2 is 0.865 bits per heavy atom. The minimum Gasteiger partial charge on any atom is -0.310 e. The summed E-state index contributed by atoms with van der Waals surface area (Å²) < 4.78 is 66.4. The van der Waals surface area contributed by atoms with Gasteiger partial charge in [0.05, 0.1) is 33.0 Å². The molecule has 1 spiro atoms. The van der Waals surface area contributed by atoms with Crippen molar-refractivity contribution in [2.45, 2.75) is 18.3 Å². The molecule has 350 valence electrons. The first-order valence-electron chi connectivity index (χ1n) is 24.7. The van der Waals surface area contributed by atoms with Gasteiger partial charge in [0.15, 0.2) is 5.82 Å². The van der Waals surface area contributed by atoms with Crippen molar-refractivity contribution in [1.82, 2.24) is 28.7 Å². The van der Waals surface area contributed by atoms with Gasteiger partial charge in [-0.15, -0.1) is 0 Å². The molecule has 0 bridgehead atoms. The minimum atomic E-state index is -0.761. The van der Waals surface area contributed by atoms with E-state index in [1.807, 2.05) is 6.07 Å². The molecule has 4 heterocycles. The molecule has 0 fully saturated rings. The molecule has 16 rings (SSSR count). The summed E-state index contributed by atoms with van der Waals surface area (Å²) >= 11 is 0. The molecule has 3 aliphatic rings. The molecule has 0 amide bonds. The fourth-order valence-electron chi connectivity index (χ4n) is 12.9. The number of rotatable bonds is 4. The van der Waals surface area contributed by atoms with Crippen LogP contribution < -0.4 is 0 Å². The molecule has 3 aliphatic carbocycles. The number of hydrogen-bond donors (Lipinski definition) is 0. The smallest absolute Gasteiger partial charge is 0.240 e. The second-order valence-corrected chi connectivity index (χ2v) is 19.6. The van der Waals surface area contributed by atoms with Gasteiger partial charge >= 0.3 is 0 Å². The monoisotopic (exact) mass is 964 g/mol. The molecule has 4 aromatic heterocycles. The van der Waals surface area contributed by atoms with Crippen molar-refractivity contribution in [2.75, 3.05) is 0 Å². The predicted molar refractivity (Wildman–Crippen MR) is 284 cm³/mol. The van der Waals surface area contributed by atoms with Gasteiger partial charge in [-0.3, -0.25) is 9.13 Å². The van der Waals surface area contributed by atoms with E-state index in [1.54, 1.807) is 33.4 Å². The molecule has 0 saturated carbocycles. The van der Waals surface area contributed by atoms with Crippen LogP contribution in [0, 0.1) is 23.3 Å². The first kappa shape index (κ1) is 41.2. The average Bonchev–Trinajstić information content (AvgIpc) is 4.21. The van der Waals surface area contributed by atoms with Gasteiger partial charge in [-0.1, -0.05) is 91.0 Å². The zero-order valence-electron chi connectivity index (χ0n) is 39.1. The average molecular weight is 965 g/mol. The van der Waals surface area contributed by atoms with Crippen LogP contribution in [0.4, 0.5) is 17.6 Å². The third-order valence-electron chi connectivity index (χ3n) is 15.8. The lowest BCUT2D eigenvalue weighted by molar-refractivity contribution is 0.628. The second kappa shape index (κ2) is 14.8. The van der Waals surface area contributed by atoms with Crippen LogP contribution in [0.3, 0.4) is 0 Å². The van der Waals surface area contributed by atoms with E-state index in [0.29, 0.717) is 55.0 Å². The highest BCUT2D eigenvalue weighted by molar-refractivity contribution is 6.10. The number of halogens is 4. The van der Waals surface area contributed by atoms with E-state index in [9.17, 15) is 0 Å². The van der Waals surface area contributed by atoms with Crippen LogP contribution in [-0.4, -0.2) is 28.7 Å². The van der Waals surface area contributed by atoms with Crippen LogP contribution >= 0.6 is 0 Å². The zero-order chi connectivity index (χ0) is 49.1. The van der Waals surface area contributed by atoms with Crippen molar-refractivity contribution >= 4 is 60.6 Å². The topological polar surface area (TPSA) is 53.5 Å². The van der Waals surface area contributed by atoms with E-state index in [-0.39, 0.29) is 11.9 Å². The molecule has 13 aromatic rings. The zero-order valence-corrected chi connectivity index (χ0v) is 39.1. The SMILES string of the molecule is Fc1ccc2c(c1)c1cc(F)ccc1n2-c1nc(-c2ccc3c(c2)C2(c4ccccc4-3)c3ccccc3-c3ccc(-n4c5c(c6ccccc64)CCC=C5)cc32)nc(-n2c3ccc(F)cc3c3cc(F)ccc32)n1. The van der Waals surface area contributed by atoms with Crippen LogP contribution in [0.5, 0.6) is 0 Å². The number of allylic oxidation sites excluding steroid dienone is 1. The van der Waals surface area contributed by atoms with E-state index < -0.39 is 28.7 Å². The summed E-state index contributed by atoms with van der Waals surface area (Å²) in [6.07, 6.45) is 6.52. The fraction of sp³-hybridized carbons (Fsp3) is 0.0469. The molecule has 0 saturated heterocycles. The van der Waals surface area contributed by atoms with E-state index in [0.717, 1.165) is 51.9 Å². The molecule has 1 atom stereocenters. The Morgan fingerprint density at radius 3 is 1.43 bits per heavy atom. The van der Waals surface area contributed by atoms with Gasteiger partial charge in [0.2, 0.25) is 11.9 Å². The normalized spacial score (nSPS) is 15.2. The standard InChI is InChI=1S/C64H36F4N6/c65-36-18-25-57-47(30-36)48-31-37(66)19-26-58(48)73(57)62-69-61(70-63(71-62)74-59-27-20-38(67)32-49(59)50-33-39(68)21-28-60(50)74)35-17-23-43-41-9-1-5-13-51(41)64(53(43)29-35)52-14-6-2-10-42(52)44-24-22-40(34-54(44)64)72-55-15-7-3-11-45(55)46-12-4-8-16-56(46)72/h1-3,5-11,13-34H,4,12H2. The predicted octanol–water partition coefficient (Wildman–Crippen LogP) is 15.5. The lowest BCUT2D eigenvalue weighted by Gasteiger charge is -2.31. The van der Waals surface area contributed by atoms with Crippen LogP contribution in [0.1, 0.15) is 39.9 Å². The number of benzene rings is 9. The van der Waals surface area contributed by atoms with Crippen molar-refractivity contribution in [3.05, 3.63) is 245 Å². The number of nitrogens with zero attached hydrogens (tertiary/aromatic N) is 6. The molecule has 1 unspecified atom stereocenters. The first-order valence-corrected chi connectivity index (χ1v) is 24.7. The largest absolute Gasteiger partial charge is 0.310 e. The summed E-state index contributed by atoms with van der Waals surface area (Å²) in [5.41, 5.74) is 16.0. The summed E-state index contributed by atoms with van der Waals surface area (Å²) in [4.78, 5) is 15.8. The van der Waals surface area contributed by atoms with Gasteiger partial charge < -0.3 is 4.57 Å². The van der Waals surface area contributed by atoms with Gasteiger partial charge in [0, 0.05) is 43.9 Å². The first-order chi connectivity index (χ1) is 36.3. The summed E-state index contributed by atoms with van der Waals surface area (Å²) in [5, 5.41) is 3.18. The minimum absolute atomic E-state index is 0.179. The lowest BCUT2D eigenvalue weighted by Crippen LogP contribution is -2.26. The number of fused-ring (bicyclic) bond motifs is 19. The van der Waals surface area contributed by atoms with Crippen molar-refractivity contribution in [1.29, 1.82) is 0 Å². The Bertz CT molecular complexity index is 4420. The Hall–Kier alpha value is -9.41. The lowest BCUT2D eigenvalue weighted by atomic mass is 9.70. The fourth-order valence-corrected chi connectivity index (χ4v) is 12.9. The molecule has 74 heavy (non-hydrogen) atoms. The van der Waals surface area contributed by atoms with E-state index in [1.165, 1.54) is 81.8 Å². The molecular weight excluding hydrogens is 929 g/mol. The molecule has 9 aromatic carbocycles. The van der Waals surface area contributed by atoms with Crippen LogP contribution in [-0.2, 0) is 11.8 Å². The highest BCUT2D eigenvalue weighted by Gasteiger charge is 2.52. The number of hydrogen-bond acceptors (Lipinski definition) is 3. The van der Waals surface area contributed by atoms with Crippen molar-refractivity contribution in [3.63, 3.8) is 0 Å². The van der Waals surface area contributed by atoms with E-state index in [4.69, 9.17) is 15.0 Å². The molecule has 0 N–H and O–H groups in total. The quantitative estimate of drug-likeness (QED) is 0.165. The third-order valence-corrected chi connectivity index (χ3v) is 15.8. The van der Waals surface area contributed by atoms with Gasteiger partial charge in [-0.25, -0.2) is 17.6 Å². The van der Waals surface area contributed by atoms with Gasteiger partial charge in [0.1, 0.15) is 23.3 Å². The molecule has 6 nitrogen and oxygen atoms in total. The van der Waals surface area contributed by atoms with Crippen molar-refractivity contribution < 1.29 is 17.6 Å². The maximum absolute atomic E-state index is 15.1. The second-order valence-electron chi connectivity index (χ2n) is 19.6. The highest BCUT2D eigenvalue weighted by Crippen LogP contribution is 2.63. The number of aryl methyl sites for hydroxylation is 1. The van der Waals surface area contributed by atoms with Crippen LogP contribution in [0.25, 0.3) is 112 Å². The molecule has 0 aliphatic heterocycles. The van der Waals surface area contributed by atoms with Gasteiger partial charge in [0.25, 0.3) is 0 Å². The van der Waals surface area contributed by atoms with E-state index >= 15 is 17.6 Å². The Labute approximate surface area is 419 Å². The molecule has 10 heteroatoms. The maximum Gasteiger partial charge on any atom is 0.240 e. The highest BCUT2D eigenvalue weighted by atomic mass is 19.1. The summed E-state index contributed by atoms with van der Waals surface area (Å²) in [7, 11) is 0. The van der Waals surface area contributed by atoms with Gasteiger partial charge in [-0.05, 0) is 166 Å². The summed E-state index contributed by atoms with van der Waals surface area (Å²) in [6, 6.07) is 56.9. The maximum atomic E-state index is 15.1.